The van der Waals surface area contributed by atoms with Gasteiger partial charge in [-0.1, -0.05) is 31.0 Å². The largest absolute Gasteiger partial charge is 0.398 e. The Morgan fingerprint density at radius 1 is 1.56 bits per heavy atom. The molecule has 4 nitrogen and oxygen atoms in total. The van der Waals surface area contributed by atoms with Gasteiger partial charge in [0.05, 0.1) is 16.3 Å². The lowest BCUT2D eigenvalue weighted by atomic mass is 10.0. The Morgan fingerprint density at radius 2 is 2.28 bits per heavy atom. The molecule has 0 aliphatic rings. The zero-order chi connectivity index (χ0) is 13.5. The van der Waals surface area contributed by atoms with E-state index >= 15 is 0 Å². The molecular formula is C13H19ClN2O2. The lowest BCUT2D eigenvalue weighted by molar-refractivity contribution is 0.0943. The van der Waals surface area contributed by atoms with Gasteiger partial charge in [0, 0.05) is 13.2 Å². The predicted octanol–water partition coefficient (Wildman–Crippen LogP) is 2.06. The highest BCUT2D eigenvalue weighted by Crippen LogP contribution is 2.22. The normalized spacial score (nSPS) is 12.2. The third kappa shape index (κ3) is 3.89. The second-order valence-electron chi connectivity index (χ2n) is 4.21. The van der Waals surface area contributed by atoms with Gasteiger partial charge in [0.1, 0.15) is 0 Å². The lowest BCUT2D eigenvalue weighted by Gasteiger charge is -2.15. The van der Waals surface area contributed by atoms with E-state index in [-0.39, 0.29) is 23.5 Å². The maximum absolute atomic E-state index is 11.9. The van der Waals surface area contributed by atoms with Gasteiger partial charge < -0.3 is 16.2 Å². The van der Waals surface area contributed by atoms with Crippen LogP contribution in [0.4, 0.5) is 5.69 Å². The van der Waals surface area contributed by atoms with Crippen LogP contribution in [0, 0.1) is 5.92 Å². The highest BCUT2D eigenvalue weighted by Gasteiger charge is 2.13. The van der Waals surface area contributed by atoms with Crippen molar-refractivity contribution < 1.29 is 9.90 Å². The summed E-state index contributed by atoms with van der Waals surface area (Å²) in [4.78, 5) is 11.9. The van der Waals surface area contributed by atoms with Crippen LogP contribution in [0.1, 0.15) is 30.1 Å². The standard InChI is InChI=1S/C13H19ClN2O2/c1-2-9(6-7-17)8-16-13(18)10-4-3-5-11(15)12(10)14/h3-5,9,17H,2,6-8,15H2,1H3,(H,16,18). The molecule has 0 spiro atoms. The second kappa shape index (κ2) is 7.24. The molecule has 0 aliphatic carbocycles. The van der Waals surface area contributed by atoms with Gasteiger partial charge in [0.25, 0.3) is 5.91 Å². The Hall–Kier alpha value is -1.26. The molecular weight excluding hydrogens is 252 g/mol. The molecule has 18 heavy (non-hydrogen) atoms. The molecule has 0 saturated heterocycles. The molecule has 0 radical (unpaired) electrons. The Morgan fingerprint density at radius 3 is 2.89 bits per heavy atom. The number of nitrogens with one attached hydrogen (secondary N) is 1. The van der Waals surface area contributed by atoms with Crippen LogP contribution in [0.5, 0.6) is 0 Å². The maximum atomic E-state index is 11.9. The zero-order valence-corrected chi connectivity index (χ0v) is 11.2. The van der Waals surface area contributed by atoms with E-state index in [4.69, 9.17) is 22.4 Å². The molecule has 1 aromatic carbocycles. The fourth-order valence-corrected chi connectivity index (χ4v) is 1.90. The van der Waals surface area contributed by atoms with Crippen LogP contribution in [0.2, 0.25) is 5.02 Å². The maximum Gasteiger partial charge on any atom is 0.252 e. The molecule has 0 heterocycles. The molecule has 1 rings (SSSR count). The summed E-state index contributed by atoms with van der Waals surface area (Å²) in [5.41, 5.74) is 6.42. The molecule has 0 fully saturated rings. The number of carbonyl (C=O) groups excluding carboxylic acids is 1. The minimum Gasteiger partial charge on any atom is -0.398 e. The first-order valence-electron chi connectivity index (χ1n) is 6.03. The first-order chi connectivity index (χ1) is 8.60. The van der Waals surface area contributed by atoms with E-state index in [2.05, 4.69) is 5.32 Å². The van der Waals surface area contributed by atoms with Crippen LogP contribution < -0.4 is 11.1 Å². The number of hydrogen-bond acceptors (Lipinski definition) is 3. The van der Waals surface area contributed by atoms with Gasteiger partial charge in [-0.15, -0.1) is 0 Å². The van der Waals surface area contributed by atoms with Crippen molar-refractivity contribution >= 4 is 23.2 Å². The van der Waals surface area contributed by atoms with Gasteiger partial charge in [-0.25, -0.2) is 0 Å². The van der Waals surface area contributed by atoms with Crippen molar-refractivity contribution in [3.05, 3.63) is 28.8 Å². The first kappa shape index (κ1) is 14.8. The topological polar surface area (TPSA) is 75.3 Å². The Balaban J connectivity index is 2.62. The van der Waals surface area contributed by atoms with Crippen LogP contribution in [0.3, 0.4) is 0 Å². The predicted molar refractivity (Wildman–Crippen MR) is 73.7 cm³/mol. The molecule has 0 aliphatic heterocycles. The number of amides is 1. The van der Waals surface area contributed by atoms with Gasteiger partial charge in [0.2, 0.25) is 0 Å². The average Bonchev–Trinajstić information content (AvgIpc) is 2.37. The lowest BCUT2D eigenvalue weighted by Crippen LogP contribution is -2.29. The summed E-state index contributed by atoms with van der Waals surface area (Å²) in [5.74, 6) is 0.0440. The fraction of sp³-hybridized carbons (Fsp3) is 0.462. The Bertz CT molecular complexity index is 410. The number of carbonyl (C=O) groups is 1. The molecule has 0 saturated carbocycles. The third-order valence-electron chi connectivity index (χ3n) is 2.94. The van der Waals surface area contributed by atoms with Crippen LogP contribution in [-0.4, -0.2) is 24.2 Å². The number of halogens is 1. The van der Waals surface area contributed by atoms with E-state index in [0.717, 1.165) is 6.42 Å². The monoisotopic (exact) mass is 270 g/mol. The van der Waals surface area contributed by atoms with Crippen molar-refractivity contribution in [1.29, 1.82) is 0 Å². The summed E-state index contributed by atoms with van der Waals surface area (Å²) in [6.45, 7) is 2.69. The molecule has 0 bridgehead atoms. The molecule has 4 N–H and O–H groups in total. The smallest absolute Gasteiger partial charge is 0.252 e. The van der Waals surface area contributed by atoms with E-state index < -0.39 is 0 Å². The van der Waals surface area contributed by atoms with Gasteiger partial charge in [0.15, 0.2) is 0 Å². The first-order valence-corrected chi connectivity index (χ1v) is 6.41. The highest BCUT2D eigenvalue weighted by molar-refractivity contribution is 6.36. The van der Waals surface area contributed by atoms with Gasteiger partial charge in [-0.05, 0) is 24.5 Å². The van der Waals surface area contributed by atoms with Crippen molar-refractivity contribution in [3.63, 3.8) is 0 Å². The molecule has 1 amide bonds. The van der Waals surface area contributed by atoms with E-state index in [0.29, 0.717) is 24.2 Å². The molecule has 100 valence electrons. The highest BCUT2D eigenvalue weighted by atomic mass is 35.5. The van der Waals surface area contributed by atoms with Crippen molar-refractivity contribution in [1.82, 2.24) is 5.32 Å². The number of hydrogen-bond donors (Lipinski definition) is 3. The number of benzene rings is 1. The quantitative estimate of drug-likeness (QED) is 0.693. The van der Waals surface area contributed by atoms with Gasteiger partial charge >= 0.3 is 0 Å². The number of rotatable bonds is 6. The summed E-state index contributed by atoms with van der Waals surface area (Å²) in [7, 11) is 0. The van der Waals surface area contributed by atoms with Crippen LogP contribution in [-0.2, 0) is 0 Å². The van der Waals surface area contributed by atoms with E-state index in [1.807, 2.05) is 6.92 Å². The number of nitrogen functional groups attached to an aromatic ring is 1. The van der Waals surface area contributed by atoms with Crippen molar-refractivity contribution in [2.75, 3.05) is 18.9 Å². The Labute approximate surface area is 112 Å². The van der Waals surface area contributed by atoms with E-state index in [9.17, 15) is 4.79 Å². The van der Waals surface area contributed by atoms with E-state index in [1.165, 1.54) is 0 Å². The summed E-state index contributed by atoms with van der Waals surface area (Å²) in [5, 5.41) is 12.0. The van der Waals surface area contributed by atoms with Crippen LogP contribution in [0.15, 0.2) is 18.2 Å². The van der Waals surface area contributed by atoms with Crippen molar-refractivity contribution in [2.24, 2.45) is 5.92 Å². The minimum absolute atomic E-state index is 0.132. The third-order valence-corrected chi connectivity index (χ3v) is 3.36. The SMILES string of the molecule is CCC(CCO)CNC(=O)c1cccc(N)c1Cl. The van der Waals surface area contributed by atoms with Gasteiger partial charge in [-0.2, -0.15) is 0 Å². The molecule has 1 atom stereocenters. The van der Waals surface area contributed by atoms with Crippen molar-refractivity contribution in [2.45, 2.75) is 19.8 Å². The molecule has 5 heteroatoms. The van der Waals surface area contributed by atoms with Gasteiger partial charge in [-0.3, -0.25) is 4.79 Å². The molecule has 1 aromatic rings. The molecule has 0 aromatic heterocycles. The molecule has 1 unspecified atom stereocenters. The summed E-state index contributed by atoms with van der Waals surface area (Å²) in [6.07, 6.45) is 1.59. The number of aliphatic hydroxyl groups excluding tert-OH is 1. The summed E-state index contributed by atoms with van der Waals surface area (Å²) < 4.78 is 0. The fourth-order valence-electron chi connectivity index (χ4n) is 1.69. The van der Waals surface area contributed by atoms with Crippen LogP contribution >= 0.6 is 11.6 Å². The van der Waals surface area contributed by atoms with Crippen LogP contribution in [0.25, 0.3) is 0 Å². The average molecular weight is 271 g/mol. The Kier molecular flexibility index (Phi) is 5.95. The van der Waals surface area contributed by atoms with E-state index in [1.54, 1.807) is 18.2 Å². The minimum atomic E-state index is -0.233. The number of aliphatic hydroxyl groups is 1. The second-order valence-corrected chi connectivity index (χ2v) is 4.58. The van der Waals surface area contributed by atoms with Crippen molar-refractivity contribution in [3.8, 4) is 0 Å². The number of nitrogens with two attached hydrogens (primary N) is 1. The summed E-state index contributed by atoms with van der Waals surface area (Å²) >= 11 is 5.97. The summed E-state index contributed by atoms with van der Waals surface area (Å²) in [6, 6.07) is 4.99. The zero-order valence-electron chi connectivity index (χ0n) is 10.4. The number of anilines is 1.